The molecule has 1 aromatic carbocycles. The molecule has 3 rings (SSSR count). The average Bonchev–Trinajstić information content (AvgIpc) is 2.71. The van der Waals surface area contributed by atoms with Gasteiger partial charge in [-0.2, -0.15) is 0 Å². The molecule has 20 heavy (non-hydrogen) atoms. The van der Waals surface area contributed by atoms with Crippen LogP contribution in [-0.2, 0) is 9.59 Å². The third kappa shape index (κ3) is 3.79. The number of hydrogen-bond acceptors (Lipinski definition) is 3. The zero-order valence-electron chi connectivity index (χ0n) is 10.1. The second-order valence-electron chi connectivity index (χ2n) is 4.03. The van der Waals surface area contributed by atoms with E-state index in [9.17, 15) is 9.59 Å². The molecule has 0 saturated carbocycles. The number of carbonyl (C=O) groups excluding carboxylic acids is 2. The molecule has 2 amide bonds. The molecule has 104 valence electrons. The standard InChI is InChI=1S/C9H5ClIN.C4H4INO2/c10-8-3-1-2-6-4-7(11)5-12-9(6)8;5-6-3(7)1-2-4(6)8/h1-5H;1-2H2. The van der Waals surface area contributed by atoms with Gasteiger partial charge in [-0.1, -0.05) is 23.7 Å². The molecule has 0 radical (unpaired) electrons. The third-order valence-electron chi connectivity index (χ3n) is 2.62. The van der Waals surface area contributed by atoms with Crippen LogP contribution in [0, 0.1) is 3.57 Å². The maximum atomic E-state index is 10.5. The Morgan fingerprint density at radius 2 is 1.85 bits per heavy atom. The molecule has 1 aliphatic rings. The predicted octanol–water partition coefficient (Wildman–Crippen LogP) is 3.98. The molecule has 0 bridgehead atoms. The first kappa shape index (κ1) is 15.9. The van der Waals surface area contributed by atoms with Gasteiger partial charge in [0.05, 0.1) is 33.4 Å². The van der Waals surface area contributed by atoms with E-state index in [4.69, 9.17) is 11.6 Å². The van der Waals surface area contributed by atoms with Crippen molar-refractivity contribution in [3.8, 4) is 0 Å². The van der Waals surface area contributed by atoms with E-state index in [1.54, 1.807) is 22.9 Å². The molecule has 4 nitrogen and oxygen atoms in total. The second-order valence-corrected chi connectivity index (χ2v) is 6.65. The first-order chi connectivity index (χ1) is 9.49. The van der Waals surface area contributed by atoms with E-state index in [0.29, 0.717) is 17.9 Å². The van der Waals surface area contributed by atoms with Crippen LogP contribution >= 0.6 is 57.1 Å². The van der Waals surface area contributed by atoms with Crippen LogP contribution in [0.1, 0.15) is 12.8 Å². The van der Waals surface area contributed by atoms with Crippen molar-refractivity contribution in [1.29, 1.82) is 0 Å². The van der Waals surface area contributed by atoms with Gasteiger partial charge < -0.3 is 0 Å². The summed E-state index contributed by atoms with van der Waals surface area (Å²) >= 11 is 9.90. The number of aromatic nitrogens is 1. The van der Waals surface area contributed by atoms with Crippen molar-refractivity contribution in [2.45, 2.75) is 12.8 Å². The van der Waals surface area contributed by atoms with Gasteiger partial charge in [0.1, 0.15) is 0 Å². The van der Waals surface area contributed by atoms with Crippen LogP contribution in [-0.4, -0.2) is 19.9 Å². The van der Waals surface area contributed by atoms with E-state index in [0.717, 1.165) is 17.6 Å². The van der Waals surface area contributed by atoms with Gasteiger partial charge >= 0.3 is 0 Å². The van der Waals surface area contributed by atoms with Crippen molar-refractivity contribution in [3.05, 3.63) is 39.1 Å². The fourth-order valence-corrected chi connectivity index (χ4v) is 2.83. The predicted molar refractivity (Wildman–Crippen MR) is 94.6 cm³/mol. The number of carbonyl (C=O) groups is 2. The monoisotopic (exact) mass is 514 g/mol. The number of hydrogen-bond donors (Lipinski definition) is 0. The van der Waals surface area contributed by atoms with Crippen molar-refractivity contribution in [1.82, 2.24) is 8.10 Å². The highest BCUT2D eigenvalue weighted by Gasteiger charge is 2.26. The van der Waals surface area contributed by atoms with E-state index < -0.39 is 0 Å². The Morgan fingerprint density at radius 3 is 2.40 bits per heavy atom. The molecule has 2 aromatic rings. The van der Waals surface area contributed by atoms with Crippen LogP contribution < -0.4 is 0 Å². The minimum absolute atomic E-state index is 0.0735. The maximum Gasteiger partial charge on any atom is 0.238 e. The Bertz CT molecular complexity index is 662. The summed E-state index contributed by atoms with van der Waals surface area (Å²) in [6.07, 6.45) is 2.60. The Labute approximate surface area is 148 Å². The van der Waals surface area contributed by atoms with Gasteiger partial charge in [-0.05, 0) is 34.7 Å². The molecule has 0 atom stereocenters. The van der Waals surface area contributed by atoms with Gasteiger partial charge in [0.25, 0.3) is 0 Å². The van der Waals surface area contributed by atoms with E-state index in [1.165, 1.54) is 0 Å². The molecule has 0 N–H and O–H groups in total. The van der Waals surface area contributed by atoms with E-state index >= 15 is 0 Å². The number of fused-ring (bicyclic) bond motifs is 1. The Balaban J connectivity index is 0.000000160. The zero-order valence-corrected chi connectivity index (χ0v) is 15.2. The van der Waals surface area contributed by atoms with Gasteiger partial charge in [0, 0.05) is 28.0 Å². The molecule has 0 unspecified atom stereocenters. The topological polar surface area (TPSA) is 50.3 Å². The van der Waals surface area contributed by atoms with Crippen LogP contribution in [0.5, 0.6) is 0 Å². The minimum Gasteiger partial charge on any atom is -0.274 e. The second kappa shape index (κ2) is 6.99. The van der Waals surface area contributed by atoms with E-state index in [1.807, 2.05) is 24.4 Å². The van der Waals surface area contributed by atoms with E-state index in [-0.39, 0.29) is 11.8 Å². The molecule has 1 fully saturated rings. The van der Waals surface area contributed by atoms with Crippen molar-refractivity contribution in [2.75, 3.05) is 0 Å². The summed E-state index contributed by atoms with van der Waals surface area (Å²) in [5.74, 6) is -0.147. The summed E-state index contributed by atoms with van der Waals surface area (Å²) in [5.41, 5.74) is 0.875. The minimum atomic E-state index is -0.0735. The highest BCUT2D eigenvalue weighted by atomic mass is 127. The lowest BCUT2D eigenvalue weighted by Crippen LogP contribution is -2.16. The lowest BCUT2D eigenvalue weighted by Gasteiger charge is -1.98. The molecule has 1 aliphatic heterocycles. The van der Waals surface area contributed by atoms with Gasteiger partial charge in [0.2, 0.25) is 11.8 Å². The van der Waals surface area contributed by atoms with Crippen molar-refractivity contribution >= 4 is 79.8 Å². The smallest absolute Gasteiger partial charge is 0.238 e. The number of para-hydroxylation sites is 1. The normalized spacial score (nSPS) is 14.4. The molecule has 0 aliphatic carbocycles. The number of benzene rings is 1. The number of pyridine rings is 1. The van der Waals surface area contributed by atoms with Gasteiger partial charge in [-0.15, -0.1) is 0 Å². The molecule has 1 saturated heterocycles. The summed E-state index contributed by atoms with van der Waals surface area (Å²) in [7, 11) is 0. The van der Waals surface area contributed by atoms with E-state index in [2.05, 4.69) is 33.6 Å². The van der Waals surface area contributed by atoms with Crippen molar-refractivity contribution < 1.29 is 9.59 Å². The molecule has 0 spiro atoms. The average molecular weight is 514 g/mol. The Kier molecular flexibility index (Phi) is 5.56. The highest BCUT2D eigenvalue weighted by Crippen LogP contribution is 2.21. The van der Waals surface area contributed by atoms with Gasteiger partial charge in [-0.25, -0.2) is 3.11 Å². The molecular formula is C13H9ClI2N2O2. The largest absolute Gasteiger partial charge is 0.274 e. The van der Waals surface area contributed by atoms with Crippen molar-refractivity contribution in [3.63, 3.8) is 0 Å². The summed E-state index contributed by atoms with van der Waals surface area (Å²) < 4.78 is 2.26. The summed E-state index contributed by atoms with van der Waals surface area (Å²) in [5, 5.41) is 1.80. The lowest BCUT2D eigenvalue weighted by molar-refractivity contribution is -0.130. The zero-order chi connectivity index (χ0) is 14.7. The fourth-order valence-electron chi connectivity index (χ4n) is 1.65. The van der Waals surface area contributed by atoms with Crippen LogP contribution in [0.4, 0.5) is 0 Å². The number of imide groups is 1. The molecule has 2 heterocycles. The number of rotatable bonds is 0. The van der Waals surface area contributed by atoms with Crippen LogP contribution in [0.15, 0.2) is 30.5 Å². The number of halogens is 3. The first-order valence-corrected chi connectivity index (χ1v) is 8.12. The summed E-state index contributed by atoms with van der Waals surface area (Å²) in [6, 6.07) is 7.86. The quantitative estimate of drug-likeness (QED) is 0.304. The number of nitrogens with zero attached hydrogens (tertiary/aromatic N) is 2. The van der Waals surface area contributed by atoms with Crippen LogP contribution in [0.3, 0.4) is 0 Å². The Morgan fingerprint density at radius 1 is 1.20 bits per heavy atom. The third-order valence-corrected chi connectivity index (χ3v) is 4.59. The Hall–Kier alpha value is -0.480. The maximum absolute atomic E-state index is 10.5. The summed E-state index contributed by atoms with van der Waals surface area (Å²) in [6.45, 7) is 0. The highest BCUT2D eigenvalue weighted by molar-refractivity contribution is 14.1. The molecule has 1 aromatic heterocycles. The van der Waals surface area contributed by atoms with Gasteiger partial charge in [-0.3, -0.25) is 14.6 Å². The lowest BCUT2D eigenvalue weighted by atomic mass is 10.2. The summed E-state index contributed by atoms with van der Waals surface area (Å²) in [4.78, 5) is 25.2. The molecule has 7 heteroatoms. The fraction of sp³-hybridized carbons (Fsp3) is 0.154. The van der Waals surface area contributed by atoms with Crippen molar-refractivity contribution in [2.24, 2.45) is 0 Å². The molecular weight excluding hydrogens is 505 g/mol. The van der Waals surface area contributed by atoms with Crippen LogP contribution in [0.25, 0.3) is 10.9 Å². The van der Waals surface area contributed by atoms with Crippen LogP contribution in [0.2, 0.25) is 5.02 Å². The number of amides is 2. The SMILES string of the molecule is Clc1cccc2cc(I)cnc12.O=C1CCC(=O)N1I. The first-order valence-electron chi connectivity index (χ1n) is 5.70. The van der Waals surface area contributed by atoms with Gasteiger partial charge in [0.15, 0.2) is 0 Å².